The zero-order chi connectivity index (χ0) is 18.0. The Morgan fingerprint density at radius 3 is 2.19 bits per heavy atom. The van der Waals surface area contributed by atoms with Crippen molar-refractivity contribution in [2.24, 2.45) is 0 Å². The van der Waals surface area contributed by atoms with Crippen LogP contribution in [0, 0.1) is 0 Å². The fraction of sp³-hybridized carbons (Fsp3) is 0.333. The Morgan fingerprint density at radius 2 is 1.54 bits per heavy atom. The highest BCUT2D eigenvalue weighted by atomic mass is 16.5. The van der Waals surface area contributed by atoms with Gasteiger partial charge in [-0.2, -0.15) is 0 Å². The van der Waals surface area contributed by atoms with E-state index in [0.717, 1.165) is 11.3 Å². The maximum absolute atomic E-state index is 13.7. The number of hydrogen-bond acceptors (Lipinski definition) is 3. The average Bonchev–Trinajstić information content (AvgIpc) is 3.07. The number of ether oxygens (including phenoxy) is 1. The molecule has 2 aliphatic rings. The summed E-state index contributed by atoms with van der Waals surface area (Å²) in [6, 6.07) is 19.2. The molecule has 0 saturated carbocycles. The summed E-state index contributed by atoms with van der Waals surface area (Å²) in [5.74, 6) is -0.0247. The van der Waals surface area contributed by atoms with Gasteiger partial charge in [0.2, 0.25) is 5.91 Å². The van der Waals surface area contributed by atoms with E-state index in [0.29, 0.717) is 39.1 Å². The van der Waals surface area contributed by atoms with Gasteiger partial charge in [-0.1, -0.05) is 48.5 Å². The van der Waals surface area contributed by atoms with Crippen molar-refractivity contribution in [1.82, 2.24) is 4.90 Å². The minimum absolute atomic E-state index is 0.0123. The minimum Gasteiger partial charge on any atom is -0.378 e. The second-order valence-electron chi connectivity index (χ2n) is 6.70. The van der Waals surface area contributed by atoms with E-state index in [2.05, 4.69) is 0 Å². The molecule has 1 unspecified atom stereocenters. The van der Waals surface area contributed by atoms with Gasteiger partial charge in [0.15, 0.2) is 5.54 Å². The lowest BCUT2D eigenvalue weighted by Gasteiger charge is -2.42. The molecule has 2 heterocycles. The van der Waals surface area contributed by atoms with E-state index in [9.17, 15) is 9.59 Å². The molecular weight excluding hydrogens is 328 g/mol. The van der Waals surface area contributed by atoms with Crippen molar-refractivity contribution in [3.63, 3.8) is 0 Å². The lowest BCUT2D eigenvalue weighted by atomic mass is 9.85. The standard InChI is InChI=1S/C21H22N2O3/c24-19-11-12-21(17-7-3-1-4-8-17,20(25)22-13-15-26-16-14-22)23(19)18-9-5-2-6-10-18/h1-10H,11-16H2. The van der Waals surface area contributed by atoms with Gasteiger partial charge < -0.3 is 9.64 Å². The maximum Gasteiger partial charge on any atom is 0.253 e. The summed E-state index contributed by atoms with van der Waals surface area (Å²) >= 11 is 0. The first-order valence-corrected chi connectivity index (χ1v) is 9.04. The zero-order valence-electron chi connectivity index (χ0n) is 14.6. The summed E-state index contributed by atoms with van der Waals surface area (Å²) in [5.41, 5.74) is 0.642. The molecule has 0 aliphatic carbocycles. The van der Waals surface area contributed by atoms with Crippen LogP contribution in [0.5, 0.6) is 0 Å². The van der Waals surface area contributed by atoms with Crippen molar-refractivity contribution in [3.05, 3.63) is 66.2 Å². The highest BCUT2D eigenvalue weighted by Gasteiger charge is 2.54. The Kier molecular flexibility index (Phi) is 4.47. The number of carbonyl (C=O) groups is 2. The average molecular weight is 350 g/mol. The predicted molar refractivity (Wildman–Crippen MR) is 98.7 cm³/mol. The summed E-state index contributed by atoms with van der Waals surface area (Å²) < 4.78 is 5.41. The van der Waals surface area contributed by atoms with Crippen LogP contribution in [0.2, 0.25) is 0 Å². The van der Waals surface area contributed by atoms with Gasteiger partial charge in [-0.05, 0) is 24.1 Å². The normalized spacial score (nSPS) is 23.3. The molecule has 0 N–H and O–H groups in total. The quantitative estimate of drug-likeness (QED) is 0.855. The van der Waals surface area contributed by atoms with E-state index in [-0.39, 0.29) is 11.8 Å². The molecule has 2 aromatic rings. The molecule has 0 aromatic heterocycles. The van der Waals surface area contributed by atoms with E-state index in [1.165, 1.54) is 0 Å². The van der Waals surface area contributed by atoms with Gasteiger partial charge >= 0.3 is 0 Å². The smallest absolute Gasteiger partial charge is 0.253 e. The van der Waals surface area contributed by atoms with Gasteiger partial charge in [0, 0.05) is 25.2 Å². The lowest BCUT2D eigenvalue weighted by molar-refractivity contribution is -0.142. The van der Waals surface area contributed by atoms with Crippen molar-refractivity contribution in [2.75, 3.05) is 31.2 Å². The number of rotatable bonds is 3. The Hall–Kier alpha value is -2.66. The fourth-order valence-electron chi connectivity index (χ4n) is 4.01. The number of hydrogen-bond donors (Lipinski definition) is 0. The summed E-state index contributed by atoms with van der Waals surface area (Å²) in [4.78, 5) is 30.2. The van der Waals surface area contributed by atoms with Gasteiger partial charge in [-0.25, -0.2) is 0 Å². The third-order valence-electron chi connectivity index (χ3n) is 5.25. The second-order valence-corrected chi connectivity index (χ2v) is 6.70. The van der Waals surface area contributed by atoms with Gasteiger partial charge in [-0.3, -0.25) is 14.5 Å². The summed E-state index contributed by atoms with van der Waals surface area (Å²) in [5, 5.41) is 0. The molecule has 2 amide bonds. The van der Waals surface area contributed by atoms with Crippen LogP contribution >= 0.6 is 0 Å². The molecule has 0 radical (unpaired) electrons. The van der Waals surface area contributed by atoms with Gasteiger partial charge in [0.25, 0.3) is 5.91 Å². The second kappa shape index (κ2) is 6.92. The Labute approximate surface area is 153 Å². The van der Waals surface area contributed by atoms with Crippen LogP contribution in [0.25, 0.3) is 0 Å². The molecule has 5 nitrogen and oxygen atoms in total. The molecule has 4 rings (SSSR count). The van der Waals surface area contributed by atoms with E-state index < -0.39 is 5.54 Å². The van der Waals surface area contributed by atoms with Gasteiger partial charge in [0.1, 0.15) is 0 Å². The number of para-hydroxylation sites is 1. The third-order valence-corrected chi connectivity index (χ3v) is 5.25. The van der Waals surface area contributed by atoms with Gasteiger partial charge in [-0.15, -0.1) is 0 Å². The molecule has 134 valence electrons. The Bertz CT molecular complexity index is 787. The molecule has 1 atom stereocenters. The molecule has 2 aromatic carbocycles. The van der Waals surface area contributed by atoms with E-state index in [1.54, 1.807) is 4.90 Å². The van der Waals surface area contributed by atoms with Crippen LogP contribution < -0.4 is 4.90 Å². The van der Waals surface area contributed by atoms with Crippen LogP contribution in [0.15, 0.2) is 60.7 Å². The number of carbonyl (C=O) groups excluding carboxylic acids is 2. The Morgan fingerprint density at radius 1 is 0.923 bits per heavy atom. The summed E-state index contributed by atoms with van der Waals surface area (Å²) in [6.07, 6.45) is 0.848. The lowest BCUT2D eigenvalue weighted by Crippen LogP contribution is -2.57. The molecule has 2 saturated heterocycles. The first-order valence-electron chi connectivity index (χ1n) is 9.04. The number of amides is 2. The largest absolute Gasteiger partial charge is 0.378 e. The predicted octanol–water partition coefficient (Wildman–Crippen LogP) is 2.57. The summed E-state index contributed by atoms with van der Waals surface area (Å²) in [7, 11) is 0. The number of morpholine rings is 1. The van der Waals surface area contributed by atoms with Crippen LogP contribution in [0.1, 0.15) is 18.4 Å². The number of nitrogens with zero attached hydrogens (tertiary/aromatic N) is 2. The van der Waals surface area contributed by atoms with Crippen molar-refractivity contribution in [2.45, 2.75) is 18.4 Å². The first kappa shape index (κ1) is 16.8. The third kappa shape index (κ3) is 2.69. The SMILES string of the molecule is O=C1CCC(C(=O)N2CCOCC2)(c2ccccc2)N1c1ccccc1. The highest BCUT2D eigenvalue weighted by molar-refractivity contribution is 6.07. The summed E-state index contributed by atoms with van der Waals surface area (Å²) in [6.45, 7) is 2.19. The van der Waals surface area contributed by atoms with E-state index in [1.807, 2.05) is 65.6 Å². The van der Waals surface area contributed by atoms with E-state index >= 15 is 0 Å². The highest BCUT2D eigenvalue weighted by Crippen LogP contribution is 2.44. The molecular formula is C21H22N2O3. The van der Waals surface area contributed by atoms with Gasteiger partial charge in [0.05, 0.1) is 13.2 Å². The molecule has 0 spiro atoms. The molecule has 5 heteroatoms. The Balaban J connectivity index is 1.85. The fourth-order valence-corrected chi connectivity index (χ4v) is 4.01. The van der Waals surface area contributed by atoms with E-state index in [4.69, 9.17) is 4.74 Å². The zero-order valence-corrected chi connectivity index (χ0v) is 14.6. The van der Waals surface area contributed by atoms with Crippen LogP contribution in [-0.4, -0.2) is 43.0 Å². The maximum atomic E-state index is 13.7. The van der Waals surface area contributed by atoms with Crippen LogP contribution in [0.3, 0.4) is 0 Å². The van der Waals surface area contributed by atoms with Crippen LogP contribution in [-0.2, 0) is 19.9 Å². The minimum atomic E-state index is -0.989. The molecule has 2 fully saturated rings. The monoisotopic (exact) mass is 350 g/mol. The number of benzene rings is 2. The van der Waals surface area contributed by atoms with Crippen molar-refractivity contribution >= 4 is 17.5 Å². The number of anilines is 1. The van der Waals surface area contributed by atoms with Crippen molar-refractivity contribution in [3.8, 4) is 0 Å². The molecule has 2 aliphatic heterocycles. The van der Waals surface area contributed by atoms with Crippen LogP contribution in [0.4, 0.5) is 5.69 Å². The van der Waals surface area contributed by atoms with Crippen molar-refractivity contribution < 1.29 is 14.3 Å². The molecule has 0 bridgehead atoms. The topological polar surface area (TPSA) is 49.9 Å². The van der Waals surface area contributed by atoms with Crippen molar-refractivity contribution in [1.29, 1.82) is 0 Å². The molecule has 26 heavy (non-hydrogen) atoms. The first-order chi connectivity index (χ1) is 12.7.